The van der Waals surface area contributed by atoms with Crippen LogP contribution < -0.4 is 10.6 Å². The van der Waals surface area contributed by atoms with Crippen LogP contribution >= 0.6 is 11.8 Å². The van der Waals surface area contributed by atoms with Crippen LogP contribution in [-0.4, -0.2) is 34.1 Å². The van der Waals surface area contributed by atoms with Crippen LogP contribution in [0.25, 0.3) is 0 Å². The highest BCUT2D eigenvalue weighted by molar-refractivity contribution is 8.17. The van der Waals surface area contributed by atoms with Gasteiger partial charge in [0.05, 0.1) is 22.6 Å². The maximum absolute atomic E-state index is 12.9. The number of thioether (sulfide) groups is 1. The van der Waals surface area contributed by atoms with Gasteiger partial charge in [-0.3, -0.25) is 4.79 Å². The standard InChI is InChI=1S/C26H26N4O4S/c1-18(30(17-31)16-22-15-28-19(2)29-24(22)27)23(35-26(33)21-11-7-4-8-12-21)13-14-34-25(32)20-9-5-3-6-10-20/h3-12,15,17H,13-14,16H2,1-2H3,(H2,27,28,29)/p+1/b23-18-. The van der Waals surface area contributed by atoms with E-state index >= 15 is 0 Å². The molecule has 0 aliphatic rings. The average Bonchev–Trinajstić information content (AvgIpc) is 2.88. The molecule has 3 aromatic rings. The zero-order chi connectivity index (χ0) is 25.2. The van der Waals surface area contributed by atoms with E-state index in [-0.39, 0.29) is 24.7 Å². The van der Waals surface area contributed by atoms with E-state index in [4.69, 9.17) is 10.5 Å². The van der Waals surface area contributed by atoms with Crippen molar-refractivity contribution in [1.82, 2.24) is 9.97 Å². The number of quaternary nitrogens is 1. The fourth-order valence-electron chi connectivity index (χ4n) is 3.25. The normalized spacial score (nSPS) is 12.4. The molecule has 8 nitrogen and oxygen atoms in total. The van der Waals surface area contributed by atoms with E-state index in [1.54, 1.807) is 68.6 Å². The van der Waals surface area contributed by atoms with Gasteiger partial charge in [0.2, 0.25) is 5.12 Å². The number of aromatic nitrogens is 2. The van der Waals surface area contributed by atoms with Gasteiger partial charge >= 0.3 is 12.4 Å². The molecule has 0 saturated heterocycles. The van der Waals surface area contributed by atoms with Crippen LogP contribution in [0.5, 0.6) is 0 Å². The number of esters is 1. The molecule has 3 rings (SSSR count). The molecule has 0 fully saturated rings. The topological polar surface area (TPSA) is 117 Å². The molecular weight excluding hydrogens is 464 g/mol. The fourth-order valence-corrected chi connectivity index (χ4v) is 4.20. The Bertz CT molecular complexity index is 1220. The van der Waals surface area contributed by atoms with E-state index in [1.165, 1.54) is 0 Å². The van der Waals surface area contributed by atoms with Crippen LogP contribution in [0.1, 0.15) is 45.4 Å². The van der Waals surface area contributed by atoms with Gasteiger partial charge in [0.1, 0.15) is 23.9 Å². The Morgan fingerprint density at radius 2 is 1.69 bits per heavy atom. The van der Waals surface area contributed by atoms with E-state index in [2.05, 4.69) is 9.97 Å². The number of anilines is 1. The second kappa shape index (κ2) is 12.6. The third kappa shape index (κ3) is 7.33. The summed E-state index contributed by atoms with van der Waals surface area (Å²) in [6.45, 7) is 3.77. The van der Waals surface area contributed by atoms with Crippen LogP contribution in [0.4, 0.5) is 5.82 Å². The molecular formula is C26H27N4O4S+. The third-order valence-electron chi connectivity index (χ3n) is 5.24. The van der Waals surface area contributed by atoms with Crippen molar-refractivity contribution in [2.75, 3.05) is 12.3 Å². The first-order valence-electron chi connectivity index (χ1n) is 11.0. The number of allylic oxidation sites excluding steroid dienone is 1. The zero-order valence-corrected chi connectivity index (χ0v) is 20.4. The lowest BCUT2D eigenvalue weighted by molar-refractivity contribution is -0.783. The van der Waals surface area contributed by atoms with Crippen molar-refractivity contribution in [2.24, 2.45) is 0 Å². The van der Waals surface area contributed by atoms with Crippen molar-refractivity contribution >= 4 is 35.1 Å². The zero-order valence-electron chi connectivity index (χ0n) is 19.6. The first-order valence-corrected chi connectivity index (χ1v) is 11.8. The number of nitrogens with one attached hydrogen (secondary N) is 1. The minimum Gasteiger partial charge on any atom is -0.462 e. The molecule has 1 unspecified atom stereocenters. The van der Waals surface area contributed by atoms with Gasteiger partial charge in [-0.05, 0) is 30.8 Å². The van der Waals surface area contributed by atoms with E-state index < -0.39 is 5.97 Å². The van der Waals surface area contributed by atoms with Gasteiger partial charge in [-0.2, -0.15) is 0 Å². The molecule has 0 bridgehead atoms. The summed E-state index contributed by atoms with van der Waals surface area (Å²) in [5.41, 5.74) is 8.24. The first kappa shape index (κ1) is 25.8. The summed E-state index contributed by atoms with van der Waals surface area (Å²) < 4.78 is 5.42. The Labute approximate surface area is 208 Å². The Hall–Kier alpha value is -3.82. The second-order valence-corrected chi connectivity index (χ2v) is 8.77. The molecule has 1 aromatic heterocycles. The number of nitrogens with zero attached hydrogens (tertiary/aromatic N) is 2. The molecule has 1 atom stereocenters. The summed E-state index contributed by atoms with van der Waals surface area (Å²) in [6.07, 6.45) is 2.61. The first-order chi connectivity index (χ1) is 16.9. The van der Waals surface area contributed by atoms with Gasteiger partial charge in [0.15, 0.2) is 0 Å². The summed E-state index contributed by atoms with van der Waals surface area (Å²) in [5, 5.41) is -0.169. The Morgan fingerprint density at radius 3 is 2.29 bits per heavy atom. The molecule has 0 aliphatic heterocycles. The van der Waals surface area contributed by atoms with Crippen LogP contribution in [0.3, 0.4) is 0 Å². The van der Waals surface area contributed by atoms with Crippen molar-refractivity contribution in [1.29, 1.82) is 0 Å². The molecule has 0 spiro atoms. The molecule has 3 N–H and O–H groups in total. The van der Waals surface area contributed by atoms with Crippen LogP contribution in [0.15, 0.2) is 77.5 Å². The highest BCUT2D eigenvalue weighted by atomic mass is 32.2. The second-order valence-electron chi connectivity index (χ2n) is 7.70. The van der Waals surface area contributed by atoms with Crippen molar-refractivity contribution < 1.29 is 24.0 Å². The molecule has 1 heterocycles. The number of nitrogens with two attached hydrogens (primary N) is 1. The Morgan fingerprint density at radius 1 is 1.06 bits per heavy atom. The predicted molar refractivity (Wildman–Crippen MR) is 134 cm³/mol. The summed E-state index contributed by atoms with van der Waals surface area (Å²) in [6, 6.07) is 17.5. The van der Waals surface area contributed by atoms with E-state index in [9.17, 15) is 14.4 Å². The number of carbonyl (C=O) groups excluding carboxylic acids is 3. The van der Waals surface area contributed by atoms with Gasteiger partial charge in [-0.1, -0.05) is 48.5 Å². The minimum atomic E-state index is -0.453. The summed E-state index contributed by atoms with van der Waals surface area (Å²) >= 11 is 1.02. The van der Waals surface area contributed by atoms with Crippen LogP contribution in [0, 0.1) is 6.92 Å². The Balaban J connectivity index is 1.81. The number of carbonyl (C=O) groups is 3. The monoisotopic (exact) mass is 491 g/mol. The lowest BCUT2D eigenvalue weighted by Gasteiger charge is -2.17. The Kier molecular flexibility index (Phi) is 9.28. The number of amides is 1. The lowest BCUT2D eigenvalue weighted by atomic mass is 10.2. The summed E-state index contributed by atoms with van der Waals surface area (Å²) in [7, 11) is 0. The lowest BCUT2D eigenvalue weighted by Crippen LogP contribution is -3.07. The molecule has 0 aliphatic carbocycles. The number of benzene rings is 2. The largest absolute Gasteiger partial charge is 0.462 e. The number of hydrogen-bond acceptors (Lipinski definition) is 8. The summed E-state index contributed by atoms with van der Waals surface area (Å²) in [5.74, 6) is 0.387. The predicted octanol–water partition coefficient (Wildman–Crippen LogP) is 2.96. The van der Waals surface area contributed by atoms with Gasteiger partial charge in [0.25, 0.3) is 0 Å². The SMILES string of the molecule is C/C(=C(\CCOC(=O)c1ccccc1)SC(=O)c1ccccc1)[NH+](C=O)Cc1cnc(C)nc1N. The van der Waals surface area contributed by atoms with E-state index in [0.29, 0.717) is 43.8 Å². The molecule has 1 amide bonds. The quantitative estimate of drug-likeness (QED) is 0.328. The molecule has 35 heavy (non-hydrogen) atoms. The molecule has 2 aromatic carbocycles. The average molecular weight is 492 g/mol. The number of aryl methyl sites for hydroxylation is 1. The van der Waals surface area contributed by atoms with Crippen LogP contribution in [0.2, 0.25) is 0 Å². The number of ether oxygens (including phenoxy) is 1. The molecule has 0 saturated carbocycles. The fraction of sp³-hybridized carbons (Fsp3) is 0.192. The van der Waals surface area contributed by atoms with Crippen molar-refractivity contribution in [3.05, 3.63) is 100.0 Å². The highest BCUT2D eigenvalue weighted by Crippen LogP contribution is 2.26. The summed E-state index contributed by atoms with van der Waals surface area (Å²) in [4.78, 5) is 46.7. The van der Waals surface area contributed by atoms with Crippen molar-refractivity contribution in [3.8, 4) is 0 Å². The van der Waals surface area contributed by atoms with Crippen LogP contribution in [-0.2, 0) is 16.1 Å². The van der Waals surface area contributed by atoms with Gasteiger partial charge in [0, 0.05) is 25.1 Å². The molecule has 0 radical (unpaired) electrons. The van der Waals surface area contributed by atoms with Crippen molar-refractivity contribution in [3.63, 3.8) is 0 Å². The number of hydrogen-bond donors (Lipinski definition) is 2. The van der Waals surface area contributed by atoms with Crippen molar-refractivity contribution in [2.45, 2.75) is 26.8 Å². The minimum absolute atomic E-state index is 0.0530. The van der Waals surface area contributed by atoms with Gasteiger partial charge in [-0.15, -0.1) is 0 Å². The number of nitrogen functional groups attached to an aromatic ring is 1. The maximum atomic E-state index is 12.9. The van der Waals surface area contributed by atoms with E-state index in [0.717, 1.165) is 18.2 Å². The smallest absolute Gasteiger partial charge is 0.338 e. The van der Waals surface area contributed by atoms with Gasteiger partial charge < -0.3 is 10.5 Å². The van der Waals surface area contributed by atoms with Gasteiger partial charge in [-0.25, -0.2) is 24.5 Å². The molecule has 180 valence electrons. The highest BCUT2D eigenvalue weighted by Gasteiger charge is 2.22. The molecule has 9 heteroatoms. The maximum Gasteiger partial charge on any atom is 0.338 e. The van der Waals surface area contributed by atoms with E-state index in [1.807, 2.05) is 12.1 Å². The number of rotatable bonds is 10. The third-order valence-corrected chi connectivity index (χ3v) is 6.42.